The molecule has 1 saturated carbocycles. The van der Waals surface area contributed by atoms with Crippen molar-refractivity contribution in [2.24, 2.45) is 5.73 Å². The highest BCUT2D eigenvalue weighted by Crippen LogP contribution is 2.27. The van der Waals surface area contributed by atoms with E-state index in [1.165, 1.54) is 6.42 Å². The van der Waals surface area contributed by atoms with Gasteiger partial charge in [-0.25, -0.2) is 0 Å². The summed E-state index contributed by atoms with van der Waals surface area (Å²) in [4.78, 5) is 14.0. The molecule has 3 nitrogen and oxygen atoms in total. The minimum atomic E-state index is -0.649. The third-order valence-corrected chi connectivity index (χ3v) is 3.16. The summed E-state index contributed by atoms with van der Waals surface area (Å²) in [7, 11) is 0. The first kappa shape index (κ1) is 13.0. The van der Waals surface area contributed by atoms with Crippen LogP contribution in [0.2, 0.25) is 0 Å². The third-order valence-electron chi connectivity index (χ3n) is 3.16. The van der Waals surface area contributed by atoms with Gasteiger partial charge in [-0.05, 0) is 12.8 Å². The van der Waals surface area contributed by atoms with Crippen LogP contribution in [-0.2, 0) is 4.79 Å². The van der Waals surface area contributed by atoms with Crippen molar-refractivity contribution in [3.05, 3.63) is 25.3 Å². The number of hydrogen-bond donors (Lipinski definition) is 1. The first-order chi connectivity index (χ1) is 7.64. The second kappa shape index (κ2) is 5.85. The predicted octanol–water partition coefficient (Wildman–Crippen LogP) is 1.85. The Morgan fingerprint density at radius 3 is 2.12 bits per heavy atom. The molecule has 1 fully saturated rings. The molecule has 1 rings (SSSR count). The van der Waals surface area contributed by atoms with Gasteiger partial charge in [-0.2, -0.15) is 0 Å². The number of amides is 1. The van der Waals surface area contributed by atoms with Crippen LogP contribution < -0.4 is 5.73 Å². The monoisotopic (exact) mass is 222 g/mol. The molecule has 0 aromatic carbocycles. The van der Waals surface area contributed by atoms with E-state index in [0.29, 0.717) is 13.1 Å². The smallest absolute Gasteiger partial charge is 0.243 e. The van der Waals surface area contributed by atoms with E-state index < -0.39 is 5.54 Å². The van der Waals surface area contributed by atoms with Crippen molar-refractivity contribution >= 4 is 5.91 Å². The number of hydrogen-bond acceptors (Lipinski definition) is 2. The normalized spacial score (nSPS) is 18.8. The van der Waals surface area contributed by atoms with Gasteiger partial charge in [0.25, 0.3) is 0 Å². The van der Waals surface area contributed by atoms with Crippen LogP contribution in [0.3, 0.4) is 0 Å². The minimum Gasteiger partial charge on any atom is -0.334 e. The van der Waals surface area contributed by atoms with Crippen molar-refractivity contribution in [2.75, 3.05) is 13.1 Å². The van der Waals surface area contributed by atoms with E-state index in [2.05, 4.69) is 13.2 Å². The van der Waals surface area contributed by atoms with Crippen LogP contribution in [0, 0.1) is 0 Å². The molecule has 3 heteroatoms. The highest BCUT2D eigenvalue weighted by atomic mass is 16.2. The summed E-state index contributed by atoms with van der Waals surface area (Å²) in [5, 5.41) is 0. The topological polar surface area (TPSA) is 46.3 Å². The summed E-state index contributed by atoms with van der Waals surface area (Å²) in [6.45, 7) is 8.42. The average Bonchev–Trinajstić information content (AvgIpc) is 2.29. The van der Waals surface area contributed by atoms with Crippen molar-refractivity contribution < 1.29 is 4.79 Å². The summed E-state index contributed by atoms with van der Waals surface area (Å²) in [5.41, 5.74) is 5.56. The fourth-order valence-electron chi connectivity index (χ4n) is 2.26. The Bertz CT molecular complexity index is 257. The first-order valence-corrected chi connectivity index (χ1v) is 5.94. The van der Waals surface area contributed by atoms with Gasteiger partial charge in [-0.1, -0.05) is 31.4 Å². The molecule has 0 bridgehead atoms. The van der Waals surface area contributed by atoms with E-state index in [9.17, 15) is 4.79 Å². The Morgan fingerprint density at radius 1 is 1.19 bits per heavy atom. The minimum absolute atomic E-state index is 0.0481. The fraction of sp³-hybridized carbons (Fsp3) is 0.615. The maximum Gasteiger partial charge on any atom is 0.243 e. The van der Waals surface area contributed by atoms with Crippen LogP contribution in [0.4, 0.5) is 0 Å². The number of carbonyl (C=O) groups excluding carboxylic acids is 1. The van der Waals surface area contributed by atoms with Gasteiger partial charge < -0.3 is 10.6 Å². The SMILES string of the molecule is C=CCN(CC=C)C(=O)C1(N)CCCCC1. The molecule has 0 saturated heterocycles. The lowest BCUT2D eigenvalue weighted by atomic mass is 9.81. The molecule has 1 amide bonds. The van der Waals surface area contributed by atoms with E-state index in [4.69, 9.17) is 5.73 Å². The molecule has 1 aliphatic carbocycles. The zero-order chi connectivity index (χ0) is 12.0. The van der Waals surface area contributed by atoms with E-state index in [-0.39, 0.29) is 5.91 Å². The quantitative estimate of drug-likeness (QED) is 0.722. The highest BCUT2D eigenvalue weighted by molar-refractivity contribution is 5.86. The molecule has 0 heterocycles. The van der Waals surface area contributed by atoms with Gasteiger partial charge in [0, 0.05) is 13.1 Å². The summed E-state index contributed by atoms with van der Waals surface area (Å²) in [6, 6.07) is 0. The maximum atomic E-state index is 12.3. The number of nitrogens with zero attached hydrogens (tertiary/aromatic N) is 1. The summed E-state index contributed by atoms with van der Waals surface area (Å²) < 4.78 is 0. The van der Waals surface area contributed by atoms with Crippen LogP contribution in [0.15, 0.2) is 25.3 Å². The predicted molar refractivity (Wildman–Crippen MR) is 67.0 cm³/mol. The van der Waals surface area contributed by atoms with Crippen LogP contribution in [0.5, 0.6) is 0 Å². The Morgan fingerprint density at radius 2 is 1.69 bits per heavy atom. The van der Waals surface area contributed by atoms with Gasteiger partial charge in [0.15, 0.2) is 0 Å². The maximum absolute atomic E-state index is 12.3. The van der Waals surface area contributed by atoms with Crippen LogP contribution in [0.1, 0.15) is 32.1 Å². The Hall–Kier alpha value is -1.09. The molecule has 90 valence electrons. The Kier molecular flexibility index (Phi) is 4.74. The summed E-state index contributed by atoms with van der Waals surface area (Å²) in [5.74, 6) is 0.0481. The summed E-state index contributed by atoms with van der Waals surface area (Å²) >= 11 is 0. The largest absolute Gasteiger partial charge is 0.334 e. The molecule has 0 aromatic heterocycles. The molecule has 0 aliphatic heterocycles. The molecule has 0 radical (unpaired) electrons. The lowest BCUT2D eigenvalue weighted by Crippen LogP contribution is -2.56. The second-order valence-electron chi connectivity index (χ2n) is 4.50. The van der Waals surface area contributed by atoms with Crippen molar-refractivity contribution in [3.63, 3.8) is 0 Å². The number of nitrogens with two attached hydrogens (primary N) is 1. The van der Waals surface area contributed by atoms with Crippen molar-refractivity contribution in [1.82, 2.24) is 4.90 Å². The number of rotatable bonds is 5. The van der Waals surface area contributed by atoms with Crippen molar-refractivity contribution in [2.45, 2.75) is 37.6 Å². The molecule has 0 atom stereocenters. The third kappa shape index (κ3) is 2.95. The molecular weight excluding hydrogens is 200 g/mol. The molecule has 0 unspecified atom stereocenters. The van der Waals surface area contributed by atoms with Gasteiger partial charge in [-0.3, -0.25) is 4.79 Å². The van der Waals surface area contributed by atoms with Gasteiger partial charge >= 0.3 is 0 Å². The fourth-order valence-corrected chi connectivity index (χ4v) is 2.26. The van der Waals surface area contributed by atoms with Gasteiger partial charge in [0.1, 0.15) is 0 Å². The van der Waals surface area contributed by atoms with Crippen molar-refractivity contribution in [1.29, 1.82) is 0 Å². The lowest BCUT2D eigenvalue weighted by molar-refractivity contribution is -0.137. The summed E-state index contributed by atoms with van der Waals surface area (Å²) in [6.07, 6.45) is 8.36. The van der Waals surface area contributed by atoms with E-state index in [1.807, 2.05) is 0 Å². The van der Waals surface area contributed by atoms with Gasteiger partial charge in [0.05, 0.1) is 5.54 Å². The van der Waals surface area contributed by atoms with E-state index >= 15 is 0 Å². The van der Waals surface area contributed by atoms with Crippen LogP contribution in [0.25, 0.3) is 0 Å². The Balaban J connectivity index is 2.70. The van der Waals surface area contributed by atoms with Gasteiger partial charge in [0.2, 0.25) is 5.91 Å². The van der Waals surface area contributed by atoms with Crippen LogP contribution >= 0.6 is 0 Å². The van der Waals surface area contributed by atoms with E-state index in [1.54, 1.807) is 17.1 Å². The van der Waals surface area contributed by atoms with Gasteiger partial charge in [-0.15, -0.1) is 13.2 Å². The molecule has 16 heavy (non-hydrogen) atoms. The molecule has 1 aliphatic rings. The van der Waals surface area contributed by atoms with E-state index in [0.717, 1.165) is 25.7 Å². The number of carbonyl (C=O) groups is 1. The molecule has 0 spiro atoms. The standard InChI is InChI=1S/C13H22N2O/c1-3-10-15(11-4-2)12(16)13(14)8-6-5-7-9-13/h3-4H,1-2,5-11,14H2. The Labute approximate surface area is 98.0 Å². The van der Waals surface area contributed by atoms with Crippen molar-refractivity contribution in [3.8, 4) is 0 Å². The molecule has 0 aromatic rings. The zero-order valence-electron chi connectivity index (χ0n) is 9.95. The first-order valence-electron chi connectivity index (χ1n) is 5.94. The average molecular weight is 222 g/mol. The molecule has 2 N–H and O–H groups in total. The lowest BCUT2D eigenvalue weighted by Gasteiger charge is -2.36. The highest BCUT2D eigenvalue weighted by Gasteiger charge is 2.37. The zero-order valence-corrected chi connectivity index (χ0v) is 9.95. The second-order valence-corrected chi connectivity index (χ2v) is 4.50. The van der Waals surface area contributed by atoms with Crippen LogP contribution in [-0.4, -0.2) is 29.4 Å². The molecular formula is C13H22N2O.